The van der Waals surface area contributed by atoms with Crippen LogP contribution >= 0.6 is 11.6 Å². The minimum Gasteiger partial charge on any atom is -0.447 e. The van der Waals surface area contributed by atoms with Gasteiger partial charge in [0.05, 0.1) is 6.54 Å². The van der Waals surface area contributed by atoms with Crippen LogP contribution in [0.25, 0.3) is 0 Å². The third-order valence-corrected chi connectivity index (χ3v) is 1.68. The van der Waals surface area contributed by atoms with Crippen molar-refractivity contribution >= 4 is 17.7 Å². The summed E-state index contributed by atoms with van der Waals surface area (Å²) >= 11 is 5.45. The zero-order valence-corrected chi connectivity index (χ0v) is 7.43. The normalized spacial score (nSPS) is 15.4. The molecule has 0 spiro atoms. The minimum absolute atomic E-state index is 0.339. The number of amides is 1. The second-order valence-corrected chi connectivity index (χ2v) is 2.73. The summed E-state index contributed by atoms with van der Waals surface area (Å²) in [5.41, 5.74) is 0. The Kier molecular flexibility index (Phi) is 3.75. The lowest BCUT2D eigenvalue weighted by Gasteiger charge is -1.99. The van der Waals surface area contributed by atoms with Gasteiger partial charge in [-0.05, 0) is 6.42 Å². The Balaban J connectivity index is 2.27. The van der Waals surface area contributed by atoms with Crippen LogP contribution in [-0.4, -0.2) is 30.0 Å². The van der Waals surface area contributed by atoms with Gasteiger partial charge in [0.15, 0.2) is 0 Å². The molecule has 12 heavy (non-hydrogen) atoms. The largest absolute Gasteiger partial charge is 0.447 e. The van der Waals surface area contributed by atoms with Gasteiger partial charge in [-0.25, -0.2) is 9.69 Å². The first-order valence-corrected chi connectivity index (χ1v) is 4.37. The molecular weight excluding hydrogens is 178 g/mol. The van der Waals surface area contributed by atoms with E-state index in [0.717, 1.165) is 12.8 Å². The maximum Gasteiger partial charge on any atom is 0.421 e. The molecule has 0 aromatic heterocycles. The average Bonchev–Trinajstić information content (AvgIpc) is 2.46. The van der Waals surface area contributed by atoms with E-state index in [1.165, 1.54) is 4.90 Å². The lowest BCUT2D eigenvalue weighted by atomic mass is 10.3. The van der Waals surface area contributed by atoms with Gasteiger partial charge >= 0.3 is 6.09 Å². The number of halogens is 1. The van der Waals surface area contributed by atoms with Crippen molar-refractivity contribution in [3.63, 3.8) is 0 Å². The molecule has 1 aliphatic rings. The number of hydrogen-bond acceptors (Lipinski definition) is 2. The number of rotatable bonds is 2. The first-order chi connectivity index (χ1) is 5.84. The molecular formula is C8H10ClNO2. The molecule has 0 radical (unpaired) electrons. The maximum absolute atomic E-state index is 10.8. The molecule has 1 rings (SSSR count). The molecule has 1 heterocycles. The zero-order chi connectivity index (χ0) is 8.81. The van der Waals surface area contributed by atoms with E-state index in [0.29, 0.717) is 19.0 Å². The van der Waals surface area contributed by atoms with Gasteiger partial charge in [-0.15, -0.1) is 11.6 Å². The van der Waals surface area contributed by atoms with Gasteiger partial charge in [0.1, 0.15) is 6.61 Å². The molecule has 0 aliphatic carbocycles. The molecule has 1 saturated heterocycles. The molecule has 0 aromatic carbocycles. The number of carbonyl (C=O) groups is 1. The van der Waals surface area contributed by atoms with Crippen molar-refractivity contribution in [1.82, 2.24) is 4.90 Å². The van der Waals surface area contributed by atoms with Crippen molar-refractivity contribution in [1.29, 1.82) is 0 Å². The fourth-order valence-corrected chi connectivity index (χ4v) is 0.935. The molecule has 0 bridgehead atoms. The molecule has 1 amide bonds. The first kappa shape index (κ1) is 9.21. The molecule has 0 aromatic rings. The fourth-order valence-electron chi connectivity index (χ4n) is 0.802. The summed E-state index contributed by atoms with van der Waals surface area (Å²) in [5.74, 6) is 3.46. The Morgan fingerprint density at radius 1 is 1.67 bits per heavy atom. The third-order valence-electron chi connectivity index (χ3n) is 1.41. The van der Waals surface area contributed by atoms with E-state index in [1.807, 2.05) is 0 Å². The van der Waals surface area contributed by atoms with Crippen LogP contribution in [0.5, 0.6) is 0 Å². The molecule has 1 fully saturated rings. The first-order valence-electron chi connectivity index (χ1n) is 3.83. The Morgan fingerprint density at radius 3 is 3.08 bits per heavy atom. The molecule has 0 saturated carbocycles. The average molecular weight is 188 g/mol. The van der Waals surface area contributed by atoms with Gasteiger partial charge < -0.3 is 4.74 Å². The number of hydrogen-bond donors (Lipinski definition) is 0. The van der Waals surface area contributed by atoms with E-state index < -0.39 is 0 Å². The fraction of sp³-hybridized carbons (Fsp3) is 0.625. The van der Waals surface area contributed by atoms with Crippen molar-refractivity contribution in [2.75, 3.05) is 19.0 Å². The Labute approximate surface area is 76.6 Å². The van der Waals surface area contributed by atoms with Gasteiger partial charge in [-0.2, -0.15) is 0 Å². The molecule has 1 aliphatic heterocycles. The molecule has 66 valence electrons. The van der Waals surface area contributed by atoms with Gasteiger partial charge in [-0.1, -0.05) is 5.92 Å². The second kappa shape index (κ2) is 4.89. The Hall–Kier alpha value is -0.880. The van der Waals surface area contributed by atoms with Crippen LogP contribution in [0.3, 0.4) is 0 Å². The number of alkyl halides is 1. The summed E-state index contributed by atoms with van der Waals surface area (Å²) in [6, 6.07) is 2.72. The summed E-state index contributed by atoms with van der Waals surface area (Å²) in [5, 5.41) is 0. The van der Waals surface area contributed by atoms with Gasteiger partial charge in [-0.3, -0.25) is 0 Å². The minimum atomic E-state index is -0.339. The third kappa shape index (κ3) is 2.63. The lowest BCUT2D eigenvalue weighted by Crippen LogP contribution is -2.17. The molecule has 0 unspecified atom stereocenters. The molecule has 0 N–H and O–H groups in total. The van der Waals surface area contributed by atoms with Gasteiger partial charge in [0.25, 0.3) is 0 Å². The summed E-state index contributed by atoms with van der Waals surface area (Å²) in [6.07, 6.45) is 1.25. The lowest BCUT2D eigenvalue weighted by molar-refractivity contribution is 0.167. The molecule has 0 atom stereocenters. The summed E-state index contributed by atoms with van der Waals surface area (Å²) in [4.78, 5) is 12.2. The van der Waals surface area contributed by atoms with Crippen LogP contribution in [0, 0.1) is 12.0 Å². The Morgan fingerprint density at radius 2 is 2.50 bits per heavy atom. The van der Waals surface area contributed by atoms with Crippen molar-refractivity contribution in [2.45, 2.75) is 12.8 Å². The van der Waals surface area contributed by atoms with E-state index in [9.17, 15) is 4.79 Å². The van der Waals surface area contributed by atoms with E-state index >= 15 is 0 Å². The van der Waals surface area contributed by atoms with Crippen molar-refractivity contribution in [3.8, 4) is 12.0 Å². The van der Waals surface area contributed by atoms with Crippen molar-refractivity contribution in [3.05, 3.63) is 0 Å². The van der Waals surface area contributed by atoms with E-state index in [-0.39, 0.29) is 6.09 Å². The molecule has 3 nitrogen and oxygen atoms in total. The second-order valence-electron chi connectivity index (χ2n) is 2.35. The maximum atomic E-state index is 10.8. The van der Waals surface area contributed by atoms with Crippen LogP contribution in [0.4, 0.5) is 4.79 Å². The predicted molar refractivity (Wildman–Crippen MR) is 45.8 cm³/mol. The number of cyclic esters (lactones) is 1. The number of nitrogens with zero attached hydrogens (tertiary/aromatic N) is 1. The van der Waals surface area contributed by atoms with E-state index in [1.54, 1.807) is 0 Å². The van der Waals surface area contributed by atoms with Crippen LogP contribution < -0.4 is 0 Å². The van der Waals surface area contributed by atoms with Gasteiger partial charge in [0, 0.05) is 18.3 Å². The molecule has 4 heteroatoms. The van der Waals surface area contributed by atoms with Crippen LogP contribution in [-0.2, 0) is 4.74 Å². The van der Waals surface area contributed by atoms with Gasteiger partial charge in [0.2, 0.25) is 0 Å². The smallest absolute Gasteiger partial charge is 0.421 e. The zero-order valence-electron chi connectivity index (χ0n) is 6.68. The monoisotopic (exact) mass is 187 g/mol. The van der Waals surface area contributed by atoms with E-state index in [4.69, 9.17) is 11.6 Å². The summed E-state index contributed by atoms with van der Waals surface area (Å²) in [6.45, 7) is 1.02. The van der Waals surface area contributed by atoms with Crippen LogP contribution in [0.1, 0.15) is 12.8 Å². The highest BCUT2D eigenvalue weighted by Crippen LogP contribution is 2.00. The van der Waals surface area contributed by atoms with Crippen molar-refractivity contribution in [2.24, 2.45) is 0 Å². The number of ether oxygens (including phenoxy) is 1. The van der Waals surface area contributed by atoms with E-state index in [2.05, 4.69) is 16.7 Å². The standard InChI is InChI=1S/C8H10ClNO2/c9-4-2-1-3-5-10-6-7-12-8(10)11/h1-2,4,6-7H2. The highest BCUT2D eigenvalue weighted by atomic mass is 35.5. The highest BCUT2D eigenvalue weighted by Gasteiger charge is 2.19. The summed E-state index contributed by atoms with van der Waals surface area (Å²) < 4.78 is 4.68. The van der Waals surface area contributed by atoms with Crippen LogP contribution in [0.2, 0.25) is 0 Å². The number of carbonyl (C=O) groups excluding carboxylic acids is 1. The summed E-state index contributed by atoms with van der Waals surface area (Å²) in [7, 11) is 0. The van der Waals surface area contributed by atoms with Crippen molar-refractivity contribution < 1.29 is 9.53 Å². The number of unbranched alkanes of at least 4 members (excludes halogenated alkanes) is 1. The quantitative estimate of drug-likeness (QED) is 0.372. The topological polar surface area (TPSA) is 29.5 Å². The highest BCUT2D eigenvalue weighted by molar-refractivity contribution is 6.17. The Bertz CT molecular complexity index is 219. The SMILES string of the molecule is O=C1OCCN1C#CCCCCl. The van der Waals surface area contributed by atoms with Crippen LogP contribution in [0.15, 0.2) is 0 Å². The predicted octanol–water partition coefficient (Wildman–Crippen LogP) is 1.42.